The van der Waals surface area contributed by atoms with E-state index in [0.29, 0.717) is 11.8 Å². The first-order valence-electron chi connectivity index (χ1n) is 5.57. The summed E-state index contributed by atoms with van der Waals surface area (Å²) in [7, 11) is 0. The Hall–Kier alpha value is -1.70. The van der Waals surface area contributed by atoms with Gasteiger partial charge in [0, 0.05) is 0 Å². The van der Waals surface area contributed by atoms with E-state index >= 15 is 0 Å². The average Bonchev–Trinajstić information content (AvgIpc) is 2.26. The zero-order valence-electron chi connectivity index (χ0n) is 8.85. The van der Waals surface area contributed by atoms with Crippen molar-refractivity contribution in [2.45, 2.75) is 12.8 Å². The van der Waals surface area contributed by atoms with Crippen molar-refractivity contribution in [1.29, 1.82) is 0 Å². The van der Waals surface area contributed by atoms with Crippen LogP contribution in [0, 0.1) is 11.8 Å². The molecule has 0 amide bonds. The van der Waals surface area contributed by atoms with E-state index in [0.717, 1.165) is 24.0 Å². The summed E-state index contributed by atoms with van der Waals surface area (Å²) in [5.74, 6) is 0.918. The first kappa shape index (κ1) is 9.52. The monoisotopic (exact) mass is 212 g/mol. The molecular weight excluding hydrogens is 200 g/mol. The SMILES string of the molecule is O=C1C=CC2CC3C=CC(=O)C=C3CC2=C1. The Balaban J connectivity index is 1.93. The summed E-state index contributed by atoms with van der Waals surface area (Å²) in [5, 5.41) is 0. The number of ketones is 2. The molecule has 0 aromatic carbocycles. The fraction of sp³-hybridized carbons (Fsp3) is 0.286. The third-order valence-corrected chi connectivity index (χ3v) is 3.51. The van der Waals surface area contributed by atoms with Crippen molar-refractivity contribution in [1.82, 2.24) is 0 Å². The van der Waals surface area contributed by atoms with Crippen LogP contribution in [0.25, 0.3) is 0 Å². The molecule has 0 aromatic heterocycles. The number of hydrogen-bond acceptors (Lipinski definition) is 2. The second-order valence-corrected chi connectivity index (χ2v) is 4.59. The Kier molecular flexibility index (Phi) is 2.03. The van der Waals surface area contributed by atoms with Crippen molar-refractivity contribution in [3.05, 3.63) is 47.6 Å². The van der Waals surface area contributed by atoms with E-state index in [4.69, 9.17) is 0 Å². The molecule has 16 heavy (non-hydrogen) atoms. The Morgan fingerprint density at radius 1 is 0.875 bits per heavy atom. The Morgan fingerprint density at radius 3 is 1.88 bits per heavy atom. The van der Waals surface area contributed by atoms with E-state index in [2.05, 4.69) is 0 Å². The largest absolute Gasteiger partial charge is 0.290 e. The molecule has 1 fully saturated rings. The molecule has 0 aromatic rings. The summed E-state index contributed by atoms with van der Waals surface area (Å²) in [5.41, 5.74) is 2.33. The molecular formula is C14H12O2. The molecule has 80 valence electrons. The summed E-state index contributed by atoms with van der Waals surface area (Å²) < 4.78 is 0. The van der Waals surface area contributed by atoms with Gasteiger partial charge in [-0.15, -0.1) is 0 Å². The molecule has 0 spiro atoms. The van der Waals surface area contributed by atoms with Crippen molar-refractivity contribution < 1.29 is 9.59 Å². The van der Waals surface area contributed by atoms with Crippen molar-refractivity contribution in [3.8, 4) is 0 Å². The Bertz CT molecular complexity index is 445. The zero-order valence-corrected chi connectivity index (χ0v) is 8.85. The van der Waals surface area contributed by atoms with E-state index in [9.17, 15) is 9.59 Å². The molecule has 2 atom stereocenters. The highest BCUT2D eigenvalue weighted by Gasteiger charge is 2.30. The van der Waals surface area contributed by atoms with Crippen LogP contribution < -0.4 is 0 Å². The van der Waals surface area contributed by atoms with Gasteiger partial charge in [0.25, 0.3) is 0 Å². The van der Waals surface area contributed by atoms with Gasteiger partial charge in [-0.25, -0.2) is 0 Å². The number of carbonyl (C=O) groups excluding carboxylic acids is 2. The predicted octanol–water partition coefficient (Wildman–Crippen LogP) is 2.14. The van der Waals surface area contributed by atoms with Gasteiger partial charge in [0.1, 0.15) is 0 Å². The van der Waals surface area contributed by atoms with Gasteiger partial charge in [-0.2, -0.15) is 0 Å². The Labute approximate surface area is 94.0 Å². The van der Waals surface area contributed by atoms with E-state index < -0.39 is 0 Å². The third-order valence-electron chi connectivity index (χ3n) is 3.51. The van der Waals surface area contributed by atoms with Gasteiger partial charge < -0.3 is 0 Å². The van der Waals surface area contributed by atoms with Crippen molar-refractivity contribution in [2.24, 2.45) is 11.8 Å². The lowest BCUT2D eigenvalue weighted by Crippen LogP contribution is -2.23. The molecule has 1 saturated carbocycles. The molecule has 3 aliphatic rings. The van der Waals surface area contributed by atoms with Crippen molar-refractivity contribution in [3.63, 3.8) is 0 Å². The molecule has 3 aliphatic carbocycles. The molecule has 0 heterocycles. The summed E-state index contributed by atoms with van der Waals surface area (Å²) in [6.07, 6.45) is 12.5. The molecule has 0 bridgehead atoms. The van der Waals surface area contributed by atoms with Crippen LogP contribution in [0.2, 0.25) is 0 Å². The first-order valence-corrected chi connectivity index (χ1v) is 5.57. The highest BCUT2D eigenvalue weighted by atomic mass is 16.1. The second-order valence-electron chi connectivity index (χ2n) is 4.59. The lowest BCUT2D eigenvalue weighted by molar-refractivity contribution is -0.111. The van der Waals surface area contributed by atoms with Gasteiger partial charge in [-0.3, -0.25) is 9.59 Å². The van der Waals surface area contributed by atoms with Crippen molar-refractivity contribution in [2.75, 3.05) is 0 Å². The van der Waals surface area contributed by atoms with Gasteiger partial charge in [-0.1, -0.05) is 23.3 Å². The number of hydrogen-bond donors (Lipinski definition) is 0. The maximum Gasteiger partial charge on any atom is 0.178 e. The average molecular weight is 212 g/mol. The molecule has 0 saturated heterocycles. The van der Waals surface area contributed by atoms with Gasteiger partial charge in [0.2, 0.25) is 0 Å². The highest BCUT2D eigenvalue weighted by Crippen LogP contribution is 2.41. The van der Waals surface area contributed by atoms with Crippen LogP contribution in [-0.4, -0.2) is 11.6 Å². The normalized spacial score (nSPS) is 31.8. The molecule has 2 heteroatoms. The maximum atomic E-state index is 11.3. The lowest BCUT2D eigenvalue weighted by atomic mass is 9.71. The summed E-state index contributed by atoms with van der Waals surface area (Å²) in [6, 6.07) is 0. The number of carbonyl (C=O) groups is 2. The van der Waals surface area contributed by atoms with Crippen molar-refractivity contribution >= 4 is 11.6 Å². The maximum absolute atomic E-state index is 11.3. The van der Waals surface area contributed by atoms with Crippen LogP contribution in [-0.2, 0) is 9.59 Å². The quantitative estimate of drug-likeness (QED) is 0.616. The van der Waals surface area contributed by atoms with Crippen LogP contribution in [0.15, 0.2) is 47.6 Å². The summed E-state index contributed by atoms with van der Waals surface area (Å²) in [4.78, 5) is 22.6. The molecule has 0 radical (unpaired) electrons. The topological polar surface area (TPSA) is 34.1 Å². The minimum Gasteiger partial charge on any atom is -0.290 e. The van der Waals surface area contributed by atoms with Crippen LogP contribution in [0.3, 0.4) is 0 Å². The highest BCUT2D eigenvalue weighted by molar-refractivity contribution is 6.02. The Morgan fingerprint density at radius 2 is 1.38 bits per heavy atom. The van der Waals surface area contributed by atoms with Crippen LogP contribution in [0.5, 0.6) is 0 Å². The predicted molar refractivity (Wildman–Crippen MR) is 60.7 cm³/mol. The minimum absolute atomic E-state index is 0.0722. The molecule has 0 N–H and O–H groups in total. The van der Waals surface area contributed by atoms with Gasteiger partial charge in [0.15, 0.2) is 11.6 Å². The van der Waals surface area contributed by atoms with Gasteiger partial charge in [0.05, 0.1) is 0 Å². The zero-order chi connectivity index (χ0) is 11.1. The van der Waals surface area contributed by atoms with E-state index in [1.54, 1.807) is 24.3 Å². The van der Waals surface area contributed by atoms with Crippen LogP contribution >= 0.6 is 0 Å². The molecule has 2 unspecified atom stereocenters. The van der Waals surface area contributed by atoms with Crippen LogP contribution in [0.1, 0.15) is 12.8 Å². The van der Waals surface area contributed by atoms with E-state index in [1.807, 2.05) is 12.2 Å². The number of allylic oxidation sites excluding steroid dienone is 8. The number of fused-ring (bicyclic) bond motifs is 2. The van der Waals surface area contributed by atoms with Gasteiger partial charge >= 0.3 is 0 Å². The van der Waals surface area contributed by atoms with Gasteiger partial charge in [-0.05, 0) is 49.0 Å². The summed E-state index contributed by atoms with van der Waals surface area (Å²) >= 11 is 0. The fourth-order valence-electron chi connectivity index (χ4n) is 2.68. The van der Waals surface area contributed by atoms with E-state index in [1.165, 1.54) is 0 Å². The molecule has 3 rings (SSSR count). The number of rotatable bonds is 0. The summed E-state index contributed by atoms with van der Waals surface area (Å²) in [6.45, 7) is 0. The molecule has 0 aliphatic heterocycles. The minimum atomic E-state index is 0.0722. The standard InChI is InChI=1S/C14H12O2/c15-13-3-1-9-5-10-2-4-14(16)8-12(10)6-11(9)7-13/h1-4,7-10H,5-6H2. The van der Waals surface area contributed by atoms with E-state index in [-0.39, 0.29) is 11.6 Å². The van der Waals surface area contributed by atoms with Crippen LogP contribution in [0.4, 0.5) is 0 Å². The smallest absolute Gasteiger partial charge is 0.178 e. The third kappa shape index (κ3) is 1.51. The fourth-order valence-corrected chi connectivity index (χ4v) is 2.68. The lowest BCUT2D eigenvalue weighted by Gasteiger charge is -2.33. The first-order chi connectivity index (χ1) is 7.72. The molecule has 2 nitrogen and oxygen atoms in total. The second kappa shape index (κ2) is 3.41.